The van der Waals surface area contributed by atoms with Crippen molar-refractivity contribution in [3.63, 3.8) is 0 Å². The molecule has 2 fully saturated rings. The molecule has 1 saturated carbocycles. The quantitative estimate of drug-likeness (QED) is 0.596. The molecule has 0 radical (unpaired) electrons. The molecule has 0 spiro atoms. The molecule has 1 aliphatic heterocycles. The molecule has 0 aromatic rings. The van der Waals surface area contributed by atoms with Crippen LogP contribution in [0.25, 0.3) is 0 Å². The summed E-state index contributed by atoms with van der Waals surface area (Å²) in [5.41, 5.74) is 3.00. The van der Waals surface area contributed by atoms with Gasteiger partial charge in [-0.1, -0.05) is 32.1 Å². The third kappa shape index (κ3) is 3.96. The van der Waals surface area contributed by atoms with Gasteiger partial charge in [0.2, 0.25) is 0 Å². The van der Waals surface area contributed by atoms with E-state index in [-0.39, 0.29) is 11.2 Å². The average Bonchev–Trinajstić information content (AvgIpc) is 2.60. The van der Waals surface area contributed by atoms with Crippen LogP contribution >= 0.6 is 0 Å². The Labute approximate surface area is 125 Å². The van der Waals surface area contributed by atoms with Gasteiger partial charge in [-0.3, -0.25) is 11.3 Å². The summed E-state index contributed by atoms with van der Waals surface area (Å²) >= 11 is 0. The van der Waals surface area contributed by atoms with Gasteiger partial charge in [-0.2, -0.15) is 0 Å². The van der Waals surface area contributed by atoms with Crippen molar-refractivity contribution in [2.75, 3.05) is 0 Å². The zero-order chi connectivity index (χ0) is 14.8. The first kappa shape index (κ1) is 16.3. The lowest BCUT2D eigenvalue weighted by atomic mass is 9.78. The summed E-state index contributed by atoms with van der Waals surface area (Å²) in [6.45, 7) is 8.83. The molecule has 3 N–H and O–H groups in total. The lowest BCUT2D eigenvalue weighted by Crippen LogP contribution is -2.47. The van der Waals surface area contributed by atoms with Gasteiger partial charge in [0.1, 0.15) is 0 Å². The van der Waals surface area contributed by atoms with E-state index in [9.17, 15) is 0 Å². The fourth-order valence-corrected chi connectivity index (χ4v) is 4.52. The summed E-state index contributed by atoms with van der Waals surface area (Å²) in [5.74, 6) is 7.31. The smallest absolute Gasteiger partial charge is 0.0678 e. The van der Waals surface area contributed by atoms with E-state index in [0.717, 1.165) is 12.3 Å². The Bertz CT molecular complexity index is 308. The average molecular weight is 282 g/mol. The summed E-state index contributed by atoms with van der Waals surface area (Å²) in [6.07, 6.45) is 10.7. The third-order valence-electron chi connectivity index (χ3n) is 5.45. The van der Waals surface area contributed by atoms with Gasteiger partial charge < -0.3 is 4.74 Å². The SMILES string of the molecule is CC1(C)CC(C(CCC2CCCCC2)NN)C(C)(C)O1. The number of hydrazine groups is 1. The minimum atomic E-state index is -0.0763. The Morgan fingerprint density at radius 2 is 1.80 bits per heavy atom. The second-order valence-electron chi connectivity index (χ2n) is 8.13. The van der Waals surface area contributed by atoms with Crippen LogP contribution in [0.4, 0.5) is 0 Å². The number of ether oxygens (including phenoxy) is 1. The van der Waals surface area contributed by atoms with Crippen LogP contribution in [-0.4, -0.2) is 17.2 Å². The highest BCUT2D eigenvalue weighted by molar-refractivity contribution is 4.99. The van der Waals surface area contributed by atoms with Crippen LogP contribution in [0.15, 0.2) is 0 Å². The van der Waals surface area contributed by atoms with Crippen molar-refractivity contribution in [3.8, 4) is 0 Å². The van der Waals surface area contributed by atoms with Crippen molar-refractivity contribution in [3.05, 3.63) is 0 Å². The van der Waals surface area contributed by atoms with Crippen molar-refractivity contribution in [2.45, 2.75) is 96.3 Å². The molecular weight excluding hydrogens is 248 g/mol. The van der Waals surface area contributed by atoms with Crippen LogP contribution in [0.5, 0.6) is 0 Å². The van der Waals surface area contributed by atoms with Gasteiger partial charge in [-0.25, -0.2) is 0 Å². The molecule has 0 bridgehead atoms. The molecule has 118 valence electrons. The fraction of sp³-hybridized carbons (Fsp3) is 1.00. The number of hydrogen-bond acceptors (Lipinski definition) is 3. The van der Waals surface area contributed by atoms with E-state index in [1.54, 1.807) is 0 Å². The van der Waals surface area contributed by atoms with E-state index in [4.69, 9.17) is 10.6 Å². The summed E-state index contributed by atoms with van der Waals surface area (Å²) in [4.78, 5) is 0. The monoisotopic (exact) mass is 282 g/mol. The van der Waals surface area contributed by atoms with Gasteiger partial charge in [-0.15, -0.1) is 0 Å². The van der Waals surface area contributed by atoms with Crippen molar-refractivity contribution < 1.29 is 4.74 Å². The lowest BCUT2D eigenvalue weighted by molar-refractivity contribution is -0.0781. The molecule has 0 amide bonds. The van der Waals surface area contributed by atoms with Gasteiger partial charge in [0.15, 0.2) is 0 Å². The molecule has 20 heavy (non-hydrogen) atoms. The first-order valence-corrected chi connectivity index (χ1v) is 8.50. The predicted octanol–water partition coefficient (Wildman–Crippen LogP) is 3.77. The topological polar surface area (TPSA) is 47.3 Å². The molecule has 2 rings (SSSR count). The van der Waals surface area contributed by atoms with Crippen LogP contribution in [0.1, 0.15) is 79.1 Å². The van der Waals surface area contributed by atoms with Gasteiger partial charge in [0, 0.05) is 12.0 Å². The first-order chi connectivity index (χ1) is 9.34. The van der Waals surface area contributed by atoms with Crippen molar-refractivity contribution in [1.29, 1.82) is 0 Å². The summed E-state index contributed by atoms with van der Waals surface area (Å²) in [7, 11) is 0. The van der Waals surface area contributed by atoms with Gasteiger partial charge in [-0.05, 0) is 52.9 Å². The summed E-state index contributed by atoms with van der Waals surface area (Å²) in [6, 6.07) is 0.383. The Kier molecular flexibility index (Phi) is 5.14. The molecule has 1 saturated heterocycles. The Hall–Kier alpha value is -0.120. The summed E-state index contributed by atoms with van der Waals surface area (Å²) in [5, 5.41) is 0. The number of rotatable bonds is 5. The Balaban J connectivity index is 1.90. The Morgan fingerprint density at radius 3 is 2.30 bits per heavy atom. The van der Waals surface area contributed by atoms with E-state index in [0.29, 0.717) is 12.0 Å². The van der Waals surface area contributed by atoms with E-state index >= 15 is 0 Å². The van der Waals surface area contributed by atoms with E-state index in [1.807, 2.05) is 0 Å². The molecule has 1 aliphatic carbocycles. The highest BCUT2D eigenvalue weighted by Crippen LogP contribution is 2.44. The van der Waals surface area contributed by atoms with Crippen molar-refractivity contribution in [1.82, 2.24) is 5.43 Å². The molecule has 2 aliphatic rings. The van der Waals surface area contributed by atoms with E-state index < -0.39 is 0 Å². The molecule has 3 nitrogen and oxygen atoms in total. The van der Waals surface area contributed by atoms with Crippen molar-refractivity contribution in [2.24, 2.45) is 17.7 Å². The zero-order valence-corrected chi connectivity index (χ0v) is 13.9. The van der Waals surface area contributed by atoms with Crippen LogP contribution < -0.4 is 11.3 Å². The normalized spacial score (nSPS) is 31.4. The maximum Gasteiger partial charge on any atom is 0.0678 e. The molecule has 0 aromatic carbocycles. The van der Waals surface area contributed by atoms with Gasteiger partial charge in [0.05, 0.1) is 11.2 Å². The second-order valence-corrected chi connectivity index (χ2v) is 8.13. The number of nitrogens with two attached hydrogens (primary N) is 1. The standard InChI is InChI=1S/C17H34N2O/c1-16(2)12-14(17(3,4)20-16)15(19-18)11-10-13-8-6-5-7-9-13/h13-15,19H,5-12,18H2,1-4H3. The number of hydrogen-bond donors (Lipinski definition) is 2. The Morgan fingerprint density at radius 1 is 1.15 bits per heavy atom. The summed E-state index contributed by atoms with van der Waals surface area (Å²) < 4.78 is 6.23. The maximum atomic E-state index is 6.23. The van der Waals surface area contributed by atoms with Gasteiger partial charge >= 0.3 is 0 Å². The van der Waals surface area contributed by atoms with Crippen molar-refractivity contribution >= 4 is 0 Å². The minimum absolute atomic E-state index is 0.0197. The maximum absolute atomic E-state index is 6.23. The largest absolute Gasteiger partial charge is 0.369 e. The molecule has 1 heterocycles. The zero-order valence-electron chi connectivity index (χ0n) is 13.9. The highest BCUT2D eigenvalue weighted by Gasteiger charge is 2.48. The molecule has 2 atom stereocenters. The van der Waals surface area contributed by atoms with E-state index in [1.165, 1.54) is 44.9 Å². The second kappa shape index (κ2) is 6.33. The van der Waals surface area contributed by atoms with Crippen LogP contribution in [0.2, 0.25) is 0 Å². The highest BCUT2D eigenvalue weighted by atomic mass is 16.5. The fourth-order valence-electron chi connectivity index (χ4n) is 4.52. The van der Waals surface area contributed by atoms with Crippen LogP contribution in [0.3, 0.4) is 0 Å². The van der Waals surface area contributed by atoms with Gasteiger partial charge in [0.25, 0.3) is 0 Å². The third-order valence-corrected chi connectivity index (χ3v) is 5.45. The molecular formula is C17H34N2O. The van der Waals surface area contributed by atoms with E-state index in [2.05, 4.69) is 33.1 Å². The molecule has 0 aromatic heterocycles. The molecule has 2 unspecified atom stereocenters. The lowest BCUT2D eigenvalue weighted by Gasteiger charge is -2.33. The predicted molar refractivity (Wildman–Crippen MR) is 84.3 cm³/mol. The minimum Gasteiger partial charge on any atom is -0.369 e. The number of nitrogens with one attached hydrogen (secondary N) is 1. The van der Waals surface area contributed by atoms with Crippen LogP contribution in [0, 0.1) is 11.8 Å². The van der Waals surface area contributed by atoms with Crippen LogP contribution in [-0.2, 0) is 4.74 Å². The molecule has 3 heteroatoms. The first-order valence-electron chi connectivity index (χ1n) is 8.50.